The van der Waals surface area contributed by atoms with Crippen molar-refractivity contribution in [3.8, 4) is 11.1 Å². The molecular weight excluding hydrogens is 180 g/mol. The maximum absolute atomic E-state index is 3.31. The largest absolute Gasteiger partial charge is 0.0619 e. The molecule has 0 bridgehead atoms. The molecular formula is C15H12. The summed E-state index contributed by atoms with van der Waals surface area (Å²) >= 11 is 0. The predicted molar refractivity (Wildman–Crippen MR) is 61.7 cm³/mol. The number of hydrogen-bond acceptors (Lipinski definition) is 0. The third-order valence-corrected chi connectivity index (χ3v) is 3.34. The highest BCUT2D eigenvalue weighted by Crippen LogP contribution is 2.47. The summed E-state index contributed by atoms with van der Waals surface area (Å²) in [7, 11) is 0. The summed E-state index contributed by atoms with van der Waals surface area (Å²) < 4.78 is 0. The molecule has 15 heavy (non-hydrogen) atoms. The second kappa shape index (κ2) is 2.73. The molecule has 0 aliphatic heterocycles. The van der Waals surface area contributed by atoms with Crippen LogP contribution in [-0.2, 0) is 5.41 Å². The maximum Gasteiger partial charge on any atom is 0.0159 e. The fourth-order valence-corrected chi connectivity index (χ4v) is 2.50. The molecule has 0 N–H and O–H groups in total. The summed E-state index contributed by atoms with van der Waals surface area (Å²) in [6, 6.07) is 19.0. The van der Waals surface area contributed by atoms with Crippen molar-refractivity contribution in [1.29, 1.82) is 0 Å². The molecule has 1 aliphatic rings. The highest BCUT2D eigenvalue weighted by molar-refractivity contribution is 5.79. The van der Waals surface area contributed by atoms with Gasteiger partial charge in [0.25, 0.3) is 0 Å². The van der Waals surface area contributed by atoms with Gasteiger partial charge in [0.15, 0.2) is 0 Å². The minimum Gasteiger partial charge on any atom is -0.0619 e. The zero-order valence-electron chi connectivity index (χ0n) is 8.96. The Labute approximate surface area is 90.6 Å². The quantitative estimate of drug-likeness (QED) is 0.598. The van der Waals surface area contributed by atoms with Gasteiger partial charge in [0, 0.05) is 5.41 Å². The first-order valence-corrected chi connectivity index (χ1v) is 5.23. The summed E-state index contributed by atoms with van der Waals surface area (Å²) in [5.41, 5.74) is 5.41. The van der Waals surface area contributed by atoms with E-state index in [4.69, 9.17) is 0 Å². The van der Waals surface area contributed by atoms with Crippen LogP contribution in [0.1, 0.15) is 25.0 Å². The van der Waals surface area contributed by atoms with Gasteiger partial charge < -0.3 is 0 Å². The van der Waals surface area contributed by atoms with Gasteiger partial charge in [0.05, 0.1) is 0 Å². The summed E-state index contributed by atoms with van der Waals surface area (Å²) in [5, 5.41) is 0. The zero-order valence-corrected chi connectivity index (χ0v) is 8.96. The second-order valence-electron chi connectivity index (χ2n) is 4.56. The Morgan fingerprint density at radius 1 is 1.07 bits per heavy atom. The Hall–Kier alpha value is -1.56. The van der Waals surface area contributed by atoms with Gasteiger partial charge in [-0.25, -0.2) is 0 Å². The van der Waals surface area contributed by atoms with Gasteiger partial charge in [0.1, 0.15) is 0 Å². The van der Waals surface area contributed by atoms with Gasteiger partial charge in [-0.05, 0) is 46.5 Å². The van der Waals surface area contributed by atoms with E-state index >= 15 is 0 Å². The van der Waals surface area contributed by atoms with Gasteiger partial charge in [-0.2, -0.15) is 0 Å². The number of fused-ring (bicyclic) bond motifs is 3. The molecule has 2 aromatic rings. The topological polar surface area (TPSA) is 0 Å². The van der Waals surface area contributed by atoms with Crippen LogP contribution >= 0.6 is 0 Å². The molecule has 0 atom stereocenters. The monoisotopic (exact) mass is 192 g/mol. The van der Waals surface area contributed by atoms with Crippen LogP contribution in [0.5, 0.6) is 0 Å². The van der Waals surface area contributed by atoms with Crippen LogP contribution < -0.4 is 0 Å². The van der Waals surface area contributed by atoms with Crippen LogP contribution in [0.2, 0.25) is 0 Å². The first-order valence-electron chi connectivity index (χ1n) is 5.23. The van der Waals surface area contributed by atoms with Crippen molar-refractivity contribution in [2.75, 3.05) is 0 Å². The van der Waals surface area contributed by atoms with E-state index in [1.807, 2.05) is 6.07 Å². The lowest BCUT2D eigenvalue weighted by Gasteiger charge is -2.20. The first kappa shape index (κ1) is 8.72. The molecule has 0 saturated carbocycles. The van der Waals surface area contributed by atoms with Gasteiger partial charge in [-0.1, -0.05) is 38.1 Å². The third kappa shape index (κ3) is 1.02. The minimum atomic E-state index is 0.0974. The molecule has 0 nitrogen and oxygen atoms in total. The summed E-state index contributed by atoms with van der Waals surface area (Å²) in [6.45, 7) is 4.53. The highest BCUT2D eigenvalue weighted by atomic mass is 14.4. The molecule has 0 amide bonds. The molecule has 0 heterocycles. The van der Waals surface area contributed by atoms with Crippen molar-refractivity contribution in [3.63, 3.8) is 0 Å². The fourth-order valence-electron chi connectivity index (χ4n) is 2.50. The number of hydrogen-bond donors (Lipinski definition) is 0. The van der Waals surface area contributed by atoms with Crippen LogP contribution in [0, 0.1) is 12.1 Å². The summed E-state index contributed by atoms with van der Waals surface area (Å²) in [4.78, 5) is 0. The number of rotatable bonds is 0. The average Bonchev–Trinajstić information content (AvgIpc) is 2.51. The lowest BCUT2D eigenvalue weighted by molar-refractivity contribution is 0.660. The molecule has 0 heteroatoms. The molecule has 0 aromatic heterocycles. The van der Waals surface area contributed by atoms with Crippen molar-refractivity contribution in [1.82, 2.24) is 0 Å². The normalized spacial score (nSPS) is 15.9. The van der Waals surface area contributed by atoms with E-state index in [9.17, 15) is 0 Å². The van der Waals surface area contributed by atoms with Gasteiger partial charge in [-0.15, -0.1) is 0 Å². The van der Waals surface area contributed by atoms with Gasteiger partial charge >= 0.3 is 0 Å². The molecule has 2 aromatic carbocycles. The second-order valence-corrected chi connectivity index (χ2v) is 4.56. The van der Waals surface area contributed by atoms with Crippen LogP contribution in [0.25, 0.3) is 11.1 Å². The molecule has 2 radical (unpaired) electrons. The molecule has 0 unspecified atom stereocenters. The van der Waals surface area contributed by atoms with Crippen molar-refractivity contribution < 1.29 is 0 Å². The standard InChI is InChI=1S/C15H12/c1-15(2)13-9-5-3-7-11(13)12-8-4-6-10-14(12)15/h3-5,7,9-10H,1-2H3. The van der Waals surface area contributed by atoms with Crippen LogP contribution in [0.3, 0.4) is 0 Å². The van der Waals surface area contributed by atoms with Gasteiger partial charge in [0.2, 0.25) is 0 Å². The minimum absolute atomic E-state index is 0.0974. The summed E-state index contributed by atoms with van der Waals surface area (Å²) in [6.07, 6.45) is 0. The van der Waals surface area contributed by atoms with Crippen LogP contribution in [0.4, 0.5) is 0 Å². The van der Waals surface area contributed by atoms with Gasteiger partial charge in [-0.3, -0.25) is 0 Å². The first-order chi connectivity index (χ1) is 7.21. The molecule has 1 aliphatic carbocycles. The molecule has 3 rings (SSSR count). The van der Waals surface area contributed by atoms with E-state index in [1.165, 1.54) is 22.3 Å². The molecule has 72 valence electrons. The summed E-state index contributed by atoms with van der Waals surface area (Å²) in [5.74, 6) is 0. The Morgan fingerprint density at radius 3 is 2.73 bits per heavy atom. The Balaban J connectivity index is 2.42. The Morgan fingerprint density at radius 2 is 1.87 bits per heavy atom. The predicted octanol–water partition coefficient (Wildman–Crippen LogP) is 3.59. The molecule has 0 fully saturated rings. The number of benzene rings is 2. The van der Waals surface area contributed by atoms with Crippen LogP contribution in [0.15, 0.2) is 36.4 Å². The Bertz CT molecular complexity index is 474. The van der Waals surface area contributed by atoms with Crippen molar-refractivity contribution in [2.45, 2.75) is 19.3 Å². The zero-order chi connectivity index (χ0) is 10.5. The molecule has 0 spiro atoms. The van der Waals surface area contributed by atoms with E-state index < -0.39 is 0 Å². The highest BCUT2D eigenvalue weighted by Gasteiger charge is 2.34. The average molecular weight is 192 g/mol. The van der Waals surface area contributed by atoms with E-state index in [-0.39, 0.29) is 5.41 Å². The maximum atomic E-state index is 3.31. The third-order valence-electron chi connectivity index (χ3n) is 3.34. The van der Waals surface area contributed by atoms with Crippen molar-refractivity contribution in [2.24, 2.45) is 0 Å². The van der Waals surface area contributed by atoms with E-state index in [2.05, 4.69) is 56.3 Å². The Kier molecular flexibility index (Phi) is 1.59. The van der Waals surface area contributed by atoms with Crippen molar-refractivity contribution >= 4 is 0 Å². The van der Waals surface area contributed by atoms with Crippen LogP contribution in [-0.4, -0.2) is 0 Å². The van der Waals surface area contributed by atoms with E-state index in [0.29, 0.717) is 0 Å². The van der Waals surface area contributed by atoms with E-state index in [0.717, 1.165) is 0 Å². The van der Waals surface area contributed by atoms with Crippen molar-refractivity contribution in [3.05, 3.63) is 59.7 Å². The fraction of sp³-hybridized carbons (Fsp3) is 0.200. The lowest BCUT2D eigenvalue weighted by Crippen LogP contribution is -2.14. The SMILES string of the molecule is CC1(C)c2c[c]c[c]c2-c2ccccc21. The lowest BCUT2D eigenvalue weighted by atomic mass is 9.82. The molecule has 0 saturated heterocycles. The smallest absolute Gasteiger partial charge is 0.0159 e. The van der Waals surface area contributed by atoms with E-state index in [1.54, 1.807) is 0 Å².